The molecule has 0 aliphatic carbocycles. The first-order valence-corrected chi connectivity index (χ1v) is 5.93. The number of nitrogen functional groups attached to an aromatic ring is 1. The largest absolute Gasteiger partial charge is 0.469 e. The van der Waals surface area contributed by atoms with Crippen molar-refractivity contribution >= 4 is 11.6 Å². The Labute approximate surface area is 114 Å². The first-order valence-electron chi connectivity index (χ1n) is 5.93. The lowest BCUT2D eigenvalue weighted by atomic mass is 10.1. The maximum atomic E-state index is 13.6. The number of rotatable bonds is 3. The quantitative estimate of drug-likeness (QED) is 0.879. The van der Waals surface area contributed by atoms with E-state index >= 15 is 0 Å². The van der Waals surface area contributed by atoms with E-state index < -0.39 is 17.5 Å². The fourth-order valence-electron chi connectivity index (χ4n) is 1.84. The molecule has 0 spiro atoms. The lowest BCUT2D eigenvalue weighted by Crippen LogP contribution is -2.27. The van der Waals surface area contributed by atoms with Crippen LogP contribution in [-0.4, -0.2) is 17.9 Å². The van der Waals surface area contributed by atoms with E-state index in [2.05, 4.69) is 0 Å². The predicted molar refractivity (Wildman–Crippen MR) is 70.0 cm³/mol. The normalized spacial score (nSPS) is 10.6. The summed E-state index contributed by atoms with van der Waals surface area (Å²) in [5.74, 6) is -1.71. The minimum atomic E-state index is -0.933. The maximum absolute atomic E-state index is 13.6. The zero-order chi connectivity index (χ0) is 14.9. The molecule has 0 saturated carbocycles. The van der Waals surface area contributed by atoms with Crippen LogP contribution in [0.4, 0.5) is 14.5 Å². The van der Waals surface area contributed by atoms with E-state index in [0.717, 1.165) is 11.6 Å². The van der Waals surface area contributed by atoms with E-state index in [4.69, 9.17) is 10.2 Å². The van der Waals surface area contributed by atoms with Crippen LogP contribution in [0.1, 0.15) is 21.7 Å². The summed E-state index contributed by atoms with van der Waals surface area (Å²) in [4.78, 5) is 13.5. The van der Waals surface area contributed by atoms with Crippen molar-refractivity contribution in [3.63, 3.8) is 0 Å². The third-order valence-electron chi connectivity index (χ3n) is 3.04. The van der Waals surface area contributed by atoms with E-state index in [1.165, 1.54) is 18.2 Å². The van der Waals surface area contributed by atoms with Crippen LogP contribution in [0.25, 0.3) is 0 Å². The van der Waals surface area contributed by atoms with Gasteiger partial charge < -0.3 is 15.1 Å². The number of anilines is 1. The molecule has 0 radical (unpaired) electrons. The molecule has 0 aliphatic heterocycles. The van der Waals surface area contributed by atoms with E-state index in [-0.39, 0.29) is 17.8 Å². The molecule has 6 heteroatoms. The summed E-state index contributed by atoms with van der Waals surface area (Å²) in [5.41, 5.74) is 5.66. The molecule has 0 unspecified atom stereocenters. The zero-order valence-electron chi connectivity index (χ0n) is 11.1. The number of carbonyl (C=O) groups excluding carboxylic acids is 1. The SMILES string of the molecule is Cc1occc1CN(C)C(=O)c1cc(N)c(F)cc1F. The molecule has 0 aliphatic rings. The molecule has 0 fully saturated rings. The van der Waals surface area contributed by atoms with Gasteiger partial charge in [-0.15, -0.1) is 0 Å². The van der Waals surface area contributed by atoms with Crippen molar-refractivity contribution in [1.82, 2.24) is 4.90 Å². The molecule has 4 nitrogen and oxygen atoms in total. The number of furan rings is 1. The van der Waals surface area contributed by atoms with Gasteiger partial charge in [0.15, 0.2) is 0 Å². The first-order chi connectivity index (χ1) is 9.40. The van der Waals surface area contributed by atoms with Gasteiger partial charge >= 0.3 is 0 Å². The van der Waals surface area contributed by atoms with E-state index in [1.54, 1.807) is 13.0 Å². The Balaban J connectivity index is 2.23. The summed E-state index contributed by atoms with van der Waals surface area (Å²) in [6, 6.07) is 3.35. The molecule has 0 atom stereocenters. The molecule has 20 heavy (non-hydrogen) atoms. The summed E-state index contributed by atoms with van der Waals surface area (Å²) < 4.78 is 31.8. The van der Waals surface area contributed by atoms with Crippen molar-refractivity contribution in [3.8, 4) is 0 Å². The molecule has 1 aromatic carbocycles. The van der Waals surface area contributed by atoms with E-state index in [1.807, 2.05) is 0 Å². The van der Waals surface area contributed by atoms with Crippen LogP contribution in [0.2, 0.25) is 0 Å². The molecule has 2 aromatic rings. The van der Waals surface area contributed by atoms with Crippen LogP contribution in [0.15, 0.2) is 28.9 Å². The van der Waals surface area contributed by atoms with Crippen molar-refractivity contribution in [2.45, 2.75) is 13.5 Å². The van der Waals surface area contributed by atoms with Crippen LogP contribution in [-0.2, 0) is 6.54 Å². The Hall–Kier alpha value is -2.37. The minimum Gasteiger partial charge on any atom is -0.469 e. The van der Waals surface area contributed by atoms with Gasteiger partial charge in [0.05, 0.1) is 17.5 Å². The summed E-state index contributed by atoms with van der Waals surface area (Å²) in [6.07, 6.45) is 1.51. The fraction of sp³-hybridized carbons (Fsp3) is 0.214. The van der Waals surface area contributed by atoms with Crippen molar-refractivity contribution in [2.75, 3.05) is 12.8 Å². The Morgan fingerprint density at radius 2 is 2.05 bits per heavy atom. The molecule has 2 N–H and O–H groups in total. The van der Waals surface area contributed by atoms with Gasteiger partial charge in [-0.25, -0.2) is 8.78 Å². The number of benzene rings is 1. The lowest BCUT2D eigenvalue weighted by Gasteiger charge is -2.17. The van der Waals surface area contributed by atoms with Gasteiger partial charge in [0, 0.05) is 25.2 Å². The summed E-state index contributed by atoms with van der Waals surface area (Å²) in [5, 5.41) is 0. The highest BCUT2D eigenvalue weighted by molar-refractivity contribution is 5.95. The number of hydrogen-bond donors (Lipinski definition) is 1. The monoisotopic (exact) mass is 280 g/mol. The highest BCUT2D eigenvalue weighted by Gasteiger charge is 2.19. The molecule has 0 bridgehead atoms. The molecular formula is C14H14F2N2O2. The highest BCUT2D eigenvalue weighted by Crippen LogP contribution is 2.19. The Kier molecular flexibility index (Phi) is 3.74. The highest BCUT2D eigenvalue weighted by atomic mass is 19.1. The summed E-state index contributed by atoms with van der Waals surface area (Å²) in [7, 11) is 1.52. The van der Waals surface area contributed by atoms with Gasteiger partial charge in [0.2, 0.25) is 0 Å². The van der Waals surface area contributed by atoms with E-state index in [9.17, 15) is 13.6 Å². The average Bonchev–Trinajstić information content (AvgIpc) is 2.78. The van der Waals surface area contributed by atoms with Crippen LogP contribution in [0.5, 0.6) is 0 Å². The van der Waals surface area contributed by atoms with Gasteiger partial charge in [-0.3, -0.25) is 4.79 Å². The third kappa shape index (κ3) is 2.64. The van der Waals surface area contributed by atoms with Gasteiger partial charge in [0.1, 0.15) is 17.4 Å². The third-order valence-corrected chi connectivity index (χ3v) is 3.04. The zero-order valence-corrected chi connectivity index (χ0v) is 11.1. The van der Waals surface area contributed by atoms with Crippen LogP contribution >= 0.6 is 0 Å². The lowest BCUT2D eigenvalue weighted by molar-refractivity contribution is 0.0780. The Bertz CT molecular complexity index is 653. The van der Waals surface area contributed by atoms with E-state index in [0.29, 0.717) is 11.8 Å². The van der Waals surface area contributed by atoms with Crippen LogP contribution < -0.4 is 5.73 Å². The summed E-state index contributed by atoms with van der Waals surface area (Å²) >= 11 is 0. The van der Waals surface area contributed by atoms with Crippen LogP contribution in [0, 0.1) is 18.6 Å². The second kappa shape index (κ2) is 5.32. The number of carbonyl (C=O) groups is 1. The standard InChI is InChI=1S/C14H14F2N2O2/c1-8-9(3-4-20-8)7-18(2)14(19)10-5-13(17)12(16)6-11(10)15/h3-6H,7,17H2,1-2H3. The van der Waals surface area contributed by atoms with Crippen LogP contribution in [0.3, 0.4) is 0 Å². The molecule has 0 saturated heterocycles. The van der Waals surface area contributed by atoms with Gasteiger partial charge in [0.25, 0.3) is 5.91 Å². The number of aryl methyl sites for hydroxylation is 1. The number of nitrogens with two attached hydrogens (primary N) is 1. The molecule has 1 aromatic heterocycles. The Morgan fingerprint density at radius 3 is 2.65 bits per heavy atom. The van der Waals surface area contributed by atoms with Crippen molar-refractivity contribution < 1.29 is 18.0 Å². The average molecular weight is 280 g/mol. The number of hydrogen-bond acceptors (Lipinski definition) is 3. The van der Waals surface area contributed by atoms with Crippen molar-refractivity contribution in [3.05, 3.63) is 53.0 Å². The summed E-state index contributed by atoms with van der Waals surface area (Å²) in [6.45, 7) is 2.03. The second-order valence-corrected chi connectivity index (χ2v) is 4.52. The number of nitrogens with zero attached hydrogens (tertiary/aromatic N) is 1. The van der Waals surface area contributed by atoms with Crippen molar-refractivity contribution in [1.29, 1.82) is 0 Å². The molecule has 2 rings (SSSR count). The molecule has 1 amide bonds. The number of amides is 1. The molecule has 1 heterocycles. The second-order valence-electron chi connectivity index (χ2n) is 4.52. The number of halogens is 2. The van der Waals surface area contributed by atoms with Crippen molar-refractivity contribution in [2.24, 2.45) is 0 Å². The smallest absolute Gasteiger partial charge is 0.256 e. The first kappa shape index (κ1) is 14.0. The predicted octanol–water partition coefficient (Wildman–Crippen LogP) is 2.72. The Morgan fingerprint density at radius 1 is 1.35 bits per heavy atom. The minimum absolute atomic E-state index is 0.257. The maximum Gasteiger partial charge on any atom is 0.256 e. The topological polar surface area (TPSA) is 59.5 Å². The fourth-order valence-corrected chi connectivity index (χ4v) is 1.84. The van der Waals surface area contributed by atoms with Gasteiger partial charge in [-0.2, -0.15) is 0 Å². The van der Waals surface area contributed by atoms with Gasteiger partial charge in [-0.1, -0.05) is 0 Å². The molecule has 106 valence electrons. The van der Waals surface area contributed by atoms with Gasteiger partial charge in [-0.05, 0) is 19.1 Å². The molecular weight excluding hydrogens is 266 g/mol.